The first kappa shape index (κ1) is 14.4. The van der Waals surface area contributed by atoms with Crippen molar-refractivity contribution in [3.63, 3.8) is 0 Å². The van der Waals surface area contributed by atoms with Crippen LogP contribution in [0.3, 0.4) is 0 Å². The molecule has 2 aromatic carbocycles. The summed E-state index contributed by atoms with van der Waals surface area (Å²) in [5.41, 5.74) is 6.84. The first-order valence-electron chi connectivity index (χ1n) is 6.09. The number of nitrogens with two attached hydrogens (primary N) is 1. The second-order valence-corrected chi connectivity index (χ2v) is 4.29. The Morgan fingerprint density at radius 2 is 1.95 bits per heavy atom. The van der Waals surface area contributed by atoms with E-state index in [0.717, 1.165) is 0 Å². The Balaban J connectivity index is 2.22. The number of carbonyl (C=O) groups excluding carboxylic acids is 1. The fourth-order valence-corrected chi connectivity index (χ4v) is 1.80. The summed E-state index contributed by atoms with van der Waals surface area (Å²) in [6, 6.07) is 10.7. The molecule has 108 valence electrons. The summed E-state index contributed by atoms with van der Waals surface area (Å²) in [5.74, 6) is -0.926. The lowest BCUT2D eigenvalue weighted by Gasteiger charge is -2.09. The molecule has 21 heavy (non-hydrogen) atoms. The van der Waals surface area contributed by atoms with Crippen LogP contribution in [0.5, 0.6) is 5.75 Å². The molecule has 6 heteroatoms. The van der Waals surface area contributed by atoms with Gasteiger partial charge in [0.1, 0.15) is 5.75 Å². The number of ether oxygens (including phenoxy) is 1. The number of carboxylic acid groups (broad SMARTS) is 1. The molecule has 0 saturated carbocycles. The third-order valence-electron chi connectivity index (χ3n) is 2.87. The second kappa shape index (κ2) is 5.96. The summed E-state index contributed by atoms with van der Waals surface area (Å²) >= 11 is 0. The van der Waals surface area contributed by atoms with Crippen molar-refractivity contribution in [2.45, 2.75) is 0 Å². The molecule has 1 amide bonds. The zero-order valence-electron chi connectivity index (χ0n) is 11.3. The van der Waals surface area contributed by atoms with Crippen molar-refractivity contribution in [3.8, 4) is 5.75 Å². The van der Waals surface area contributed by atoms with E-state index in [2.05, 4.69) is 5.32 Å². The van der Waals surface area contributed by atoms with Crippen LogP contribution in [0, 0.1) is 0 Å². The lowest BCUT2D eigenvalue weighted by molar-refractivity contribution is 0.0696. The quantitative estimate of drug-likeness (QED) is 0.748. The van der Waals surface area contributed by atoms with E-state index in [0.29, 0.717) is 11.4 Å². The van der Waals surface area contributed by atoms with Crippen LogP contribution in [-0.2, 0) is 0 Å². The Kier molecular flexibility index (Phi) is 4.08. The van der Waals surface area contributed by atoms with Gasteiger partial charge in [0, 0.05) is 17.4 Å². The van der Waals surface area contributed by atoms with Gasteiger partial charge in [-0.1, -0.05) is 6.07 Å². The van der Waals surface area contributed by atoms with Crippen LogP contribution >= 0.6 is 0 Å². The molecular formula is C15H14N2O4. The zero-order valence-corrected chi connectivity index (χ0v) is 11.3. The maximum Gasteiger partial charge on any atom is 0.335 e. The topological polar surface area (TPSA) is 102 Å². The minimum atomic E-state index is -1.06. The van der Waals surface area contributed by atoms with Crippen molar-refractivity contribution in [2.24, 2.45) is 0 Å². The summed E-state index contributed by atoms with van der Waals surface area (Å²) in [4.78, 5) is 23.0. The SMILES string of the molecule is COc1ccc(C(=O)Nc2cccc(C(=O)O)c2)c(N)c1. The third-order valence-corrected chi connectivity index (χ3v) is 2.87. The molecule has 0 aliphatic rings. The van der Waals surface area contributed by atoms with Crippen LogP contribution in [0.25, 0.3) is 0 Å². The van der Waals surface area contributed by atoms with Crippen LogP contribution in [0.1, 0.15) is 20.7 Å². The van der Waals surface area contributed by atoms with Crippen molar-refractivity contribution in [1.82, 2.24) is 0 Å². The molecule has 0 aliphatic heterocycles. The second-order valence-electron chi connectivity index (χ2n) is 4.29. The highest BCUT2D eigenvalue weighted by atomic mass is 16.5. The fourth-order valence-electron chi connectivity index (χ4n) is 1.80. The monoisotopic (exact) mass is 286 g/mol. The van der Waals surface area contributed by atoms with Crippen LogP contribution in [0.15, 0.2) is 42.5 Å². The molecule has 2 rings (SSSR count). The number of carbonyl (C=O) groups is 2. The van der Waals surface area contributed by atoms with Crippen LogP contribution in [0.4, 0.5) is 11.4 Å². The lowest BCUT2D eigenvalue weighted by Crippen LogP contribution is -2.14. The van der Waals surface area contributed by atoms with Crippen LogP contribution < -0.4 is 15.8 Å². The smallest absolute Gasteiger partial charge is 0.335 e. The molecule has 6 nitrogen and oxygen atoms in total. The fraction of sp³-hybridized carbons (Fsp3) is 0.0667. The standard InChI is InChI=1S/C15H14N2O4/c1-21-11-5-6-12(13(16)8-11)14(18)17-10-4-2-3-9(7-10)15(19)20/h2-8H,16H2,1H3,(H,17,18)(H,19,20). The van der Waals surface area contributed by atoms with E-state index in [4.69, 9.17) is 15.6 Å². The highest BCUT2D eigenvalue weighted by Gasteiger charge is 2.12. The number of aromatic carboxylic acids is 1. The summed E-state index contributed by atoms with van der Waals surface area (Å²) in [5, 5.41) is 11.5. The van der Waals surface area contributed by atoms with Gasteiger partial charge in [-0.05, 0) is 30.3 Å². The molecule has 0 atom stereocenters. The number of benzene rings is 2. The first-order valence-corrected chi connectivity index (χ1v) is 6.09. The van der Waals surface area contributed by atoms with Crippen LogP contribution in [0.2, 0.25) is 0 Å². The van der Waals surface area contributed by atoms with Gasteiger partial charge in [-0.25, -0.2) is 4.79 Å². The largest absolute Gasteiger partial charge is 0.497 e. The van der Waals surface area contributed by atoms with Crippen LogP contribution in [-0.4, -0.2) is 24.1 Å². The number of hydrogen-bond acceptors (Lipinski definition) is 4. The highest BCUT2D eigenvalue weighted by Crippen LogP contribution is 2.21. The highest BCUT2D eigenvalue weighted by molar-refractivity contribution is 6.08. The van der Waals surface area contributed by atoms with E-state index in [9.17, 15) is 9.59 Å². The number of carboxylic acids is 1. The maximum absolute atomic E-state index is 12.1. The van der Waals surface area contributed by atoms with E-state index in [1.54, 1.807) is 30.3 Å². The van der Waals surface area contributed by atoms with Gasteiger partial charge in [-0.2, -0.15) is 0 Å². The van der Waals surface area contributed by atoms with E-state index in [1.807, 2.05) is 0 Å². The van der Waals surface area contributed by atoms with Gasteiger partial charge < -0.3 is 20.9 Å². The normalized spacial score (nSPS) is 9.95. The van der Waals surface area contributed by atoms with Gasteiger partial charge in [-0.15, -0.1) is 0 Å². The molecule has 0 aromatic heterocycles. The number of hydrogen-bond donors (Lipinski definition) is 3. The maximum atomic E-state index is 12.1. The molecule has 0 unspecified atom stereocenters. The van der Waals surface area contributed by atoms with E-state index < -0.39 is 11.9 Å². The van der Waals surface area contributed by atoms with Gasteiger partial charge in [0.2, 0.25) is 0 Å². The Hall–Kier alpha value is -3.02. The minimum Gasteiger partial charge on any atom is -0.497 e. The Bertz CT molecular complexity index is 698. The van der Waals surface area contributed by atoms with Gasteiger partial charge in [0.05, 0.1) is 18.2 Å². The molecule has 0 saturated heterocycles. The summed E-state index contributed by atoms with van der Waals surface area (Å²) in [6.45, 7) is 0. The number of amides is 1. The summed E-state index contributed by atoms with van der Waals surface area (Å²) in [7, 11) is 1.51. The molecule has 0 radical (unpaired) electrons. The Morgan fingerprint density at radius 1 is 1.19 bits per heavy atom. The van der Waals surface area contributed by atoms with Gasteiger partial charge in [0.25, 0.3) is 5.91 Å². The number of nitrogen functional groups attached to an aromatic ring is 1. The lowest BCUT2D eigenvalue weighted by atomic mass is 10.1. The molecular weight excluding hydrogens is 272 g/mol. The third kappa shape index (κ3) is 3.30. The molecule has 0 fully saturated rings. The molecule has 0 aliphatic carbocycles. The zero-order chi connectivity index (χ0) is 15.4. The van der Waals surface area contributed by atoms with Gasteiger partial charge in [-0.3, -0.25) is 4.79 Å². The van der Waals surface area contributed by atoms with E-state index in [-0.39, 0.29) is 16.8 Å². The van der Waals surface area contributed by atoms with Crippen molar-refractivity contribution in [3.05, 3.63) is 53.6 Å². The van der Waals surface area contributed by atoms with E-state index >= 15 is 0 Å². The molecule has 2 aromatic rings. The Morgan fingerprint density at radius 3 is 2.57 bits per heavy atom. The van der Waals surface area contributed by atoms with Gasteiger partial charge >= 0.3 is 5.97 Å². The molecule has 0 spiro atoms. The predicted molar refractivity (Wildman–Crippen MR) is 78.8 cm³/mol. The van der Waals surface area contributed by atoms with Crippen molar-refractivity contribution in [1.29, 1.82) is 0 Å². The number of nitrogens with one attached hydrogen (secondary N) is 1. The molecule has 4 N–H and O–H groups in total. The summed E-state index contributed by atoms with van der Waals surface area (Å²) < 4.78 is 5.01. The number of methoxy groups -OCH3 is 1. The van der Waals surface area contributed by atoms with E-state index in [1.165, 1.54) is 19.2 Å². The molecule has 0 bridgehead atoms. The minimum absolute atomic E-state index is 0.0931. The van der Waals surface area contributed by atoms with Gasteiger partial charge in [0.15, 0.2) is 0 Å². The molecule has 0 heterocycles. The van der Waals surface area contributed by atoms with Crippen molar-refractivity contribution >= 4 is 23.3 Å². The number of anilines is 2. The van der Waals surface area contributed by atoms with Crippen molar-refractivity contribution < 1.29 is 19.4 Å². The first-order chi connectivity index (χ1) is 10.0. The Labute approximate surface area is 121 Å². The van der Waals surface area contributed by atoms with Crippen molar-refractivity contribution in [2.75, 3.05) is 18.2 Å². The number of rotatable bonds is 4. The average molecular weight is 286 g/mol. The average Bonchev–Trinajstić information content (AvgIpc) is 2.47. The predicted octanol–water partition coefficient (Wildman–Crippen LogP) is 2.23. The summed E-state index contributed by atoms with van der Waals surface area (Å²) in [6.07, 6.45) is 0.